The molecule has 7 heteroatoms. The summed E-state index contributed by atoms with van der Waals surface area (Å²) in [5.41, 5.74) is 1.49. The van der Waals surface area contributed by atoms with Gasteiger partial charge in [0.1, 0.15) is 0 Å². The van der Waals surface area contributed by atoms with Crippen molar-refractivity contribution in [3.8, 4) is 0 Å². The molecule has 2 amide bonds. The molecular formula is C21H29ClN2O3S. The zero-order valence-corrected chi connectivity index (χ0v) is 18.5. The number of piperidine rings is 1. The fraction of sp³-hybridized carbons (Fsp3) is 0.619. The molecule has 1 aromatic carbocycles. The van der Waals surface area contributed by atoms with Crippen molar-refractivity contribution in [2.24, 2.45) is 11.8 Å². The van der Waals surface area contributed by atoms with Gasteiger partial charge in [-0.1, -0.05) is 18.5 Å². The number of benzene rings is 1. The second-order valence-electron chi connectivity index (χ2n) is 8.04. The van der Waals surface area contributed by atoms with Crippen molar-refractivity contribution in [3.63, 3.8) is 0 Å². The first kappa shape index (κ1) is 21.5. The zero-order chi connectivity index (χ0) is 20.4. The van der Waals surface area contributed by atoms with Crippen LogP contribution in [-0.2, 0) is 9.53 Å². The number of rotatable bonds is 5. The molecule has 3 rings (SSSR count). The standard InChI is InChI=1S/C21H29ClN2O3S/c1-11-7-12(2)24-21(26)17(11)10-23-20(25)16-8-15(22)9-19(13(16)3)28-18-5-6-27-14(18)4/h8-9,11-12,14,17-18H,5-7,10H2,1-4H3,(H,23,25)(H,24,26). The van der Waals surface area contributed by atoms with Crippen LogP contribution < -0.4 is 10.6 Å². The van der Waals surface area contributed by atoms with Crippen molar-refractivity contribution < 1.29 is 14.3 Å². The Kier molecular flexibility index (Phi) is 6.94. The number of hydrogen-bond donors (Lipinski definition) is 2. The summed E-state index contributed by atoms with van der Waals surface area (Å²) in [4.78, 5) is 26.1. The van der Waals surface area contributed by atoms with Crippen molar-refractivity contribution in [1.82, 2.24) is 10.6 Å². The number of ether oxygens (including phenoxy) is 1. The Labute approximate surface area is 176 Å². The molecule has 0 aromatic heterocycles. The lowest BCUT2D eigenvalue weighted by atomic mass is 9.84. The summed E-state index contributed by atoms with van der Waals surface area (Å²) < 4.78 is 5.65. The van der Waals surface area contributed by atoms with Crippen molar-refractivity contribution in [3.05, 3.63) is 28.3 Å². The summed E-state index contributed by atoms with van der Waals surface area (Å²) in [6, 6.07) is 3.81. The number of carbonyl (C=O) groups is 2. The SMILES string of the molecule is Cc1c(SC2CCOC2C)cc(Cl)cc1C(=O)NCC1C(=O)NC(C)CC1C. The Hall–Kier alpha value is -1.24. The van der Waals surface area contributed by atoms with E-state index in [-0.39, 0.29) is 35.8 Å². The lowest BCUT2D eigenvalue weighted by molar-refractivity contribution is -0.129. The second-order valence-corrected chi connectivity index (χ2v) is 9.75. The minimum atomic E-state index is -0.204. The lowest BCUT2D eigenvalue weighted by Gasteiger charge is -2.32. The van der Waals surface area contributed by atoms with Gasteiger partial charge in [-0.2, -0.15) is 0 Å². The number of thioether (sulfide) groups is 1. The molecule has 0 bridgehead atoms. The number of nitrogens with one attached hydrogen (secondary N) is 2. The number of carbonyl (C=O) groups excluding carboxylic acids is 2. The fourth-order valence-electron chi connectivity index (χ4n) is 4.02. The maximum absolute atomic E-state index is 12.9. The van der Waals surface area contributed by atoms with Crippen LogP contribution in [0.4, 0.5) is 0 Å². The monoisotopic (exact) mass is 424 g/mol. The maximum atomic E-state index is 12.9. The van der Waals surface area contributed by atoms with Crippen LogP contribution >= 0.6 is 23.4 Å². The van der Waals surface area contributed by atoms with Crippen LogP contribution in [0.5, 0.6) is 0 Å². The molecule has 5 unspecified atom stereocenters. The maximum Gasteiger partial charge on any atom is 0.251 e. The van der Waals surface area contributed by atoms with Gasteiger partial charge in [0.25, 0.3) is 5.91 Å². The van der Waals surface area contributed by atoms with E-state index in [0.717, 1.165) is 29.9 Å². The predicted molar refractivity (Wildman–Crippen MR) is 113 cm³/mol. The highest BCUT2D eigenvalue weighted by molar-refractivity contribution is 8.00. The third kappa shape index (κ3) is 4.84. The second kappa shape index (κ2) is 9.06. The van der Waals surface area contributed by atoms with Gasteiger partial charge >= 0.3 is 0 Å². The van der Waals surface area contributed by atoms with E-state index in [9.17, 15) is 9.59 Å². The number of halogens is 1. The number of hydrogen-bond acceptors (Lipinski definition) is 4. The summed E-state index contributed by atoms with van der Waals surface area (Å²) in [6.45, 7) is 9.21. The minimum absolute atomic E-state index is 0.0147. The van der Waals surface area contributed by atoms with Gasteiger partial charge in [-0.15, -0.1) is 11.8 Å². The third-order valence-electron chi connectivity index (χ3n) is 5.77. The Morgan fingerprint density at radius 3 is 2.75 bits per heavy atom. The zero-order valence-electron chi connectivity index (χ0n) is 16.9. The number of amides is 2. The first-order chi connectivity index (χ1) is 13.3. The van der Waals surface area contributed by atoms with Gasteiger partial charge in [-0.05, 0) is 57.2 Å². The molecule has 2 heterocycles. The van der Waals surface area contributed by atoms with Gasteiger partial charge in [0.15, 0.2) is 0 Å². The van der Waals surface area contributed by atoms with Crippen LogP contribution in [0, 0.1) is 18.8 Å². The van der Waals surface area contributed by atoms with E-state index in [0.29, 0.717) is 22.4 Å². The van der Waals surface area contributed by atoms with E-state index in [2.05, 4.69) is 24.5 Å². The molecule has 154 valence electrons. The van der Waals surface area contributed by atoms with Crippen LogP contribution in [-0.4, -0.2) is 42.4 Å². The van der Waals surface area contributed by atoms with Gasteiger partial charge < -0.3 is 15.4 Å². The molecule has 1 aromatic rings. The summed E-state index contributed by atoms with van der Waals surface area (Å²) >= 11 is 8.04. The van der Waals surface area contributed by atoms with E-state index in [4.69, 9.17) is 16.3 Å². The highest BCUT2D eigenvalue weighted by atomic mass is 35.5. The highest BCUT2D eigenvalue weighted by Crippen LogP contribution is 2.37. The Morgan fingerprint density at radius 2 is 2.11 bits per heavy atom. The molecule has 0 saturated carbocycles. The van der Waals surface area contributed by atoms with Gasteiger partial charge in [0, 0.05) is 39.9 Å². The van der Waals surface area contributed by atoms with Crippen LogP contribution in [0.2, 0.25) is 5.02 Å². The molecule has 0 radical (unpaired) electrons. The topological polar surface area (TPSA) is 67.4 Å². The third-order valence-corrected chi connectivity index (χ3v) is 7.59. The van der Waals surface area contributed by atoms with E-state index in [1.165, 1.54) is 0 Å². The summed E-state index contributed by atoms with van der Waals surface area (Å²) in [5, 5.41) is 6.83. The van der Waals surface area contributed by atoms with Crippen molar-refractivity contribution in [1.29, 1.82) is 0 Å². The molecule has 0 spiro atoms. The molecular weight excluding hydrogens is 396 g/mol. The smallest absolute Gasteiger partial charge is 0.251 e. The van der Waals surface area contributed by atoms with Crippen LogP contribution in [0.25, 0.3) is 0 Å². The first-order valence-electron chi connectivity index (χ1n) is 9.93. The Balaban J connectivity index is 1.70. The first-order valence-corrected chi connectivity index (χ1v) is 11.2. The predicted octanol–water partition coefficient (Wildman–Crippen LogP) is 3.81. The van der Waals surface area contributed by atoms with Gasteiger partial charge in [-0.3, -0.25) is 9.59 Å². The van der Waals surface area contributed by atoms with E-state index in [1.807, 2.05) is 19.9 Å². The van der Waals surface area contributed by atoms with Gasteiger partial charge in [0.05, 0.1) is 12.0 Å². The quantitative estimate of drug-likeness (QED) is 0.754. The molecule has 2 aliphatic rings. The van der Waals surface area contributed by atoms with Crippen LogP contribution in [0.1, 0.15) is 49.5 Å². The van der Waals surface area contributed by atoms with E-state index in [1.54, 1.807) is 17.8 Å². The van der Waals surface area contributed by atoms with Crippen LogP contribution in [0.15, 0.2) is 17.0 Å². The van der Waals surface area contributed by atoms with Crippen LogP contribution in [0.3, 0.4) is 0 Å². The van der Waals surface area contributed by atoms with Crippen molar-refractivity contribution in [2.45, 2.75) is 62.8 Å². The normalized spacial score (nSPS) is 30.2. The summed E-state index contributed by atoms with van der Waals surface area (Å²) in [7, 11) is 0. The molecule has 2 fully saturated rings. The fourth-order valence-corrected chi connectivity index (χ4v) is 5.60. The minimum Gasteiger partial charge on any atom is -0.377 e. The molecule has 2 aliphatic heterocycles. The molecule has 2 N–H and O–H groups in total. The average Bonchev–Trinajstić information content (AvgIpc) is 3.01. The largest absolute Gasteiger partial charge is 0.377 e. The Bertz CT molecular complexity index is 757. The van der Waals surface area contributed by atoms with Gasteiger partial charge in [0.2, 0.25) is 5.91 Å². The highest BCUT2D eigenvalue weighted by Gasteiger charge is 2.32. The summed E-state index contributed by atoms with van der Waals surface area (Å²) in [6.07, 6.45) is 2.10. The van der Waals surface area contributed by atoms with Gasteiger partial charge in [-0.25, -0.2) is 0 Å². The lowest BCUT2D eigenvalue weighted by Crippen LogP contribution is -2.50. The molecule has 0 aliphatic carbocycles. The summed E-state index contributed by atoms with van der Waals surface area (Å²) in [5.74, 6) is -0.138. The van der Waals surface area contributed by atoms with Crippen molar-refractivity contribution in [2.75, 3.05) is 13.2 Å². The average molecular weight is 425 g/mol. The van der Waals surface area contributed by atoms with Crippen molar-refractivity contribution >= 4 is 35.2 Å². The Morgan fingerprint density at radius 1 is 1.36 bits per heavy atom. The molecule has 28 heavy (non-hydrogen) atoms. The van der Waals surface area contributed by atoms with E-state index < -0.39 is 0 Å². The molecule has 2 saturated heterocycles. The van der Waals surface area contributed by atoms with E-state index >= 15 is 0 Å². The molecule has 5 nitrogen and oxygen atoms in total. The molecule has 5 atom stereocenters.